The van der Waals surface area contributed by atoms with Crippen LogP contribution in [0.2, 0.25) is 0 Å². The maximum absolute atomic E-state index is 5.72. The van der Waals surface area contributed by atoms with Gasteiger partial charge < -0.3 is 9.47 Å². The molecule has 0 aromatic heterocycles. The molecule has 0 unspecified atom stereocenters. The summed E-state index contributed by atoms with van der Waals surface area (Å²) >= 11 is 0. The monoisotopic (exact) mass is 322 g/mol. The van der Waals surface area contributed by atoms with E-state index >= 15 is 0 Å². The smallest absolute Gasteiger partial charge is 0.0720 e. The van der Waals surface area contributed by atoms with E-state index in [0.717, 1.165) is 0 Å². The summed E-state index contributed by atoms with van der Waals surface area (Å²) in [5.41, 5.74) is 2.43. The van der Waals surface area contributed by atoms with Crippen LogP contribution in [0.15, 0.2) is 48.5 Å². The molecule has 0 saturated heterocycles. The average Bonchev–Trinajstić information content (AvgIpc) is 2.55. The molecule has 0 spiro atoms. The van der Waals surface area contributed by atoms with Crippen molar-refractivity contribution in [1.82, 2.24) is 0 Å². The third-order valence-corrected chi connectivity index (χ3v) is 4.09. The van der Waals surface area contributed by atoms with E-state index in [1.54, 1.807) is 0 Å². The van der Waals surface area contributed by atoms with E-state index in [2.05, 4.69) is 76.2 Å². The van der Waals surface area contributed by atoms with Crippen LogP contribution in [-0.4, -0.2) is 12.2 Å². The Morgan fingerprint density at radius 2 is 1.00 bits per heavy atom. The number of benzene rings is 3. The lowest BCUT2D eigenvalue weighted by Gasteiger charge is -2.10. The van der Waals surface area contributed by atoms with Crippen LogP contribution < -0.4 is 0 Å². The molecule has 24 heavy (non-hydrogen) atoms. The zero-order chi connectivity index (χ0) is 17.1. The van der Waals surface area contributed by atoms with Crippen molar-refractivity contribution in [3.05, 3.63) is 59.7 Å². The van der Waals surface area contributed by atoms with Crippen molar-refractivity contribution in [2.75, 3.05) is 0 Å². The Morgan fingerprint density at radius 1 is 0.583 bits per heavy atom. The van der Waals surface area contributed by atoms with Crippen LogP contribution in [-0.2, 0) is 22.7 Å². The van der Waals surface area contributed by atoms with Gasteiger partial charge in [0.2, 0.25) is 0 Å². The first-order chi connectivity index (χ1) is 11.5. The lowest BCUT2D eigenvalue weighted by atomic mass is 10.0. The minimum absolute atomic E-state index is 0.251. The zero-order valence-corrected chi connectivity index (χ0v) is 15.0. The number of rotatable bonds is 6. The van der Waals surface area contributed by atoms with E-state index in [9.17, 15) is 0 Å². The Hall–Kier alpha value is -1.90. The lowest BCUT2D eigenvalue weighted by Crippen LogP contribution is -2.02. The molecule has 0 atom stereocenters. The second-order valence-corrected chi connectivity index (χ2v) is 6.93. The van der Waals surface area contributed by atoms with E-state index in [-0.39, 0.29) is 12.2 Å². The minimum Gasteiger partial charge on any atom is -0.374 e. The molecule has 3 aromatic carbocycles. The molecule has 0 aliphatic heterocycles. The van der Waals surface area contributed by atoms with Crippen LogP contribution in [0, 0.1) is 0 Å². The van der Waals surface area contributed by atoms with Gasteiger partial charge >= 0.3 is 0 Å². The molecule has 0 N–H and O–H groups in total. The van der Waals surface area contributed by atoms with Gasteiger partial charge in [-0.05, 0) is 84.6 Å². The number of fused-ring (bicyclic) bond motifs is 2. The van der Waals surface area contributed by atoms with Gasteiger partial charge in [-0.3, -0.25) is 0 Å². The molecule has 126 valence electrons. The first-order valence-corrected chi connectivity index (χ1v) is 8.70. The van der Waals surface area contributed by atoms with Gasteiger partial charge in [-0.25, -0.2) is 0 Å². The van der Waals surface area contributed by atoms with Gasteiger partial charge in [0.1, 0.15) is 0 Å². The maximum atomic E-state index is 5.72. The molecule has 0 saturated carbocycles. The summed E-state index contributed by atoms with van der Waals surface area (Å²) in [4.78, 5) is 0. The van der Waals surface area contributed by atoms with E-state index in [1.807, 2.05) is 0 Å². The normalized spacial score (nSPS) is 11.9. The Kier molecular flexibility index (Phi) is 5.17. The Morgan fingerprint density at radius 3 is 1.42 bits per heavy atom. The van der Waals surface area contributed by atoms with Crippen LogP contribution in [0.1, 0.15) is 38.8 Å². The van der Waals surface area contributed by atoms with Crippen LogP contribution >= 0.6 is 0 Å². The molecule has 0 aliphatic carbocycles. The van der Waals surface area contributed by atoms with Crippen molar-refractivity contribution in [2.24, 2.45) is 0 Å². The summed E-state index contributed by atoms with van der Waals surface area (Å²) in [7, 11) is 0. The number of hydrogen-bond donors (Lipinski definition) is 0. The number of ether oxygens (including phenoxy) is 2. The fourth-order valence-corrected chi connectivity index (χ4v) is 2.80. The van der Waals surface area contributed by atoms with Crippen molar-refractivity contribution < 1.29 is 9.47 Å². The standard InChI is InChI=1S/C22H26O2/c1-15(2)23-13-17-5-7-19-11-20-8-6-18(14-24-16(3)4)10-22(20)12-21(19)9-17/h5-12,15-16H,13-14H2,1-4H3. The van der Waals surface area contributed by atoms with Gasteiger partial charge in [0.25, 0.3) is 0 Å². The predicted molar refractivity (Wildman–Crippen MR) is 101 cm³/mol. The molecule has 0 fully saturated rings. The molecule has 0 heterocycles. The van der Waals surface area contributed by atoms with Gasteiger partial charge in [-0.15, -0.1) is 0 Å². The molecule has 0 bridgehead atoms. The highest BCUT2D eigenvalue weighted by molar-refractivity contribution is 5.98. The molecule has 3 aromatic rings. The second-order valence-electron chi connectivity index (χ2n) is 6.93. The summed E-state index contributed by atoms with van der Waals surface area (Å²) in [5, 5.41) is 5.05. The van der Waals surface area contributed by atoms with Gasteiger partial charge in [-0.2, -0.15) is 0 Å². The molecule has 2 heteroatoms. The van der Waals surface area contributed by atoms with E-state index in [1.165, 1.54) is 32.7 Å². The van der Waals surface area contributed by atoms with Crippen molar-refractivity contribution >= 4 is 21.5 Å². The van der Waals surface area contributed by atoms with Gasteiger partial charge in [0, 0.05) is 0 Å². The van der Waals surface area contributed by atoms with Gasteiger partial charge in [0.15, 0.2) is 0 Å². The third kappa shape index (κ3) is 4.14. The van der Waals surface area contributed by atoms with Crippen LogP contribution in [0.25, 0.3) is 21.5 Å². The maximum Gasteiger partial charge on any atom is 0.0720 e. The zero-order valence-electron chi connectivity index (χ0n) is 15.0. The van der Waals surface area contributed by atoms with Crippen molar-refractivity contribution in [1.29, 1.82) is 0 Å². The molecular weight excluding hydrogens is 296 g/mol. The minimum atomic E-state index is 0.251. The Bertz CT molecular complexity index is 767. The van der Waals surface area contributed by atoms with E-state index in [0.29, 0.717) is 13.2 Å². The van der Waals surface area contributed by atoms with Crippen LogP contribution in [0.4, 0.5) is 0 Å². The first kappa shape index (κ1) is 16.9. The fourth-order valence-electron chi connectivity index (χ4n) is 2.80. The summed E-state index contributed by atoms with van der Waals surface area (Å²) < 4.78 is 11.4. The lowest BCUT2D eigenvalue weighted by molar-refractivity contribution is 0.0656. The molecule has 0 amide bonds. The Labute approximate surface area is 144 Å². The van der Waals surface area contributed by atoms with Crippen LogP contribution in [0.5, 0.6) is 0 Å². The molecule has 2 nitrogen and oxygen atoms in total. The highest BCUT2D eigenvalue weighted by Crippen LogP contribution is 2.25. The molecule has 3 rings (SSSR count). The third-order valence-electron chi connectivity index (χ3n) is 4.09. The summed E-state index contributed by atoms with van der Waals surface area (Å²) in [6.07, 6.45) is 0.502. The highest BCUT2D eigenvalue weighted by atomic mass is 16.5. The van der Waals surface area contributed by atoms with E-state index in [4.69, 9.17) is 9.47 Å². The summed E-state index contributed by atoms with van der Waals surface area (Å²) in [6, 6.07) is 17.7. The summed E-state index contributed by atoms with van der Waals surface area (Å²) in [6.45, 7) is 9.58. The van der Waals surface area contributed by atoms with Crippen molar-refractivity contribution in [2.45, 2.75) is 53.1 Å². The number of hydrogen-bond acceptors (Lipinski definition) is 2. The predicted octanol–water partition coefficient (Wildman–Crippen LogP) is 5.84. The Balaban J connectivity index is 1.92. The SMILES string of the molecule is CC(C)OCc1ccc2cc3ccc(COC(C)C)cc3cc2c1. The molecular formula is C22H26O2. The second kappa shape index (κ2) is 7.33. The quantitative estimate of drug-likeness (QED) is 0.530. The van der Waals surface area contributed by atoms with E-state index < -0.39 is 0 Å². The average molecular weight is 322 g/mol. The van der Waals surface area contributed by atoms with Gasteiger partial charge in [-0.1, -0.05) is 24.3 Å². The van der Waals surface area contributed by atoms with Gasteiger partial charge in [0.05, 0.1) is 25.4 Å². The van der Waals surface area contributed by atoms with Crippen LogP contribution in [0.3, 0.4) is 0 Å². The van der Waals surface area contributed by atoms with Crippen molar-refractivity contribution in [3.8, 4) is 0 Å². The first-order valence-electron chi connectivity index (χ1n) is 8.70. The fraction of sp³-hybridized carbons (Fsp3) is 0.364. The van der Waals surface area contributed by atoms with Crippen molar-refractivity contribution in [3.63, 3.8) is 0 Å². The summed E-state index contributed by atoms with van der Waals surface area (Å²) in [5.74, 6) is 0. The molecule has 0 aliphatic rings. The highest BCUT2D eigenvalue weighted by Gasteiger charge is 2.03. The largest absolute Gasteiger partial charge is 0.374 e. The molecule has 0 radical (unpaired) electrons. The topological polar surface area (TPSA) is 18.5 Å².